The number of anilines is 1. The molecular formula is C7H8ClN3S. The van der Waals surface area contributed by atoms with Crippen LogP contribution in [-0.4, -0.2) is 9.97 Å². The molecule has 0 aliphatic rings. The first-order chi connectivity index (χ1) is 5.27. The zero-order chi connectivity index (χ0) is 7.84. The van der Waals surface area contributed by atoms with Crippen molar-refractivity contribution < 1.29 is 0 Å². The fraction of sp³-hybridized carbons (Fsp3) is 0.143. The van der Waals surface area contributed by atoms with Crippen molar-refractivity contribution in [2.75, 3.05) is 5.73 Å². The summed E-state index contributed by atoms with van der Waals surface area (Å²) in [5.41, 5.74) is 7.41. The Balaban J connectivity index is 0.000000720. The van der Waals surface area contributed by atoms with Crippen LogP contribution in [0.3, 0.4) is 0 Å². The molecule has 0 aromatic carbocycles. The van der Waals surface area contributed by atoms with E-state index in [4.69, 9.17) is 5.73 Å². The van der Waals surface area contributed by atoms with E-state index in [2.05, 4.69) is 9.97 Å². The third kappa shape index (κ3) is 1.35. The summed E-state index contributed by atoms with van der Waals surface area (Å²) in [5.74, 6) is 0. The number of fused-ring (bicyclic) bond motifs is 1. The van der Waals surface area contributed by atoms with Crippen molar-refractivity contribution in [3.63, 3.8) is 0 Å². The molecule has 2 rings (SSSR count). The van der Waals surface area contributed by atoms with Crippen molar-refractivity contribution in [3.8, 4) is 0 Å². The highest BCUT2D eigenvalue weighted by Crippen LogP contribution is 2.24. The van der Waals surface area contributed by atoms with Gasteiger partial charge in [0, 0.05) is 6.20 Å². The van der Waals surface area contributed by atoms with Gasteiger partial charge >= 0.3 is 0 Å². The molecule has 0 fully saturated rings. The van der Waals surface area contributed by atoms with Gasteiger partial charge in [-0.15, -0.1) is 12.4 Å². The van der Waals surface area contributed by atoms with Crippen LogP contribution in [0.15, 0.2) is 12.3 Å². The van der Waals surface area contributed by atoms with Gasteiger partial charge in [-0.2, -0.15) is 0 Å². The minimum Gasteiger partial charge on any atom is -0.375 e. The zero-order valence-electron chi connectivity index (χ0n) is 6.44. The van der Waals surface area contributed by atoms with Gasteiger partial charge in [-0.25, -0.2) is 4.98 Å². The summed E-state index contributed by atoms with van der Waals surface area (Å²) in [7, 11) is 0. The van der Waals surface area contributed by atoms with E-state index in [1.807, 2.05) is 13.0 Å². The van der Waals surface area contributed by atoms with Crippen LogP contribution in [0.5, 0.6) is 0 Å². The van der Waals surface area contributed by atoms with E-state index in [1.165, 1.54) is 11.3 Å². The van der Waals surface area contributed by atoms with Crippen LogP contribution in [0.4, 0.5) is 5.13 Å². The molecule has 0 aliphatic carbocycles. The van der Waals surface area contributed by atoms with Gasteiger partial charge in [-0.05, 0) is 13.0 Å². The van der Waals surface area contributed by atoms with Crippen LogP contribution in [0.25, 0.3) is 10.2 Å². The molecule has 2 aromatic rings. The monoisotopic (exact) mass is 201 g/mol. The number of hydrogen-bond donors (Lipinski definition) is 1. The number of pyridine rings is 1. The van der Waals surface area contributed by atoms with Crippen LogP contribution < -0.4 is 5.73 Å². The number of aryl methyl sites for hydroxylation is 1. The highest BCUT2D eigenvalue weighted by molar-refractivity contribution is 7.22. The molecule has 12 heavy (non-hydrogen) atoms. The molecule has 0 atom stereocenters. The topological polar surface area (TPSA) is 51.8 Å². The second kappa shape index (κ2) is 3.25. The minimum absolute atomic E-state index is 0. The third-order valence-corrected chi connectivity index (χ3v) is 2.36. The smallest absolute Gasteiger partial charge is 0.181 e. The third-order valence-electron chi connectivity index (χ3n) is 1.51. The van der Waals surface area contributed by atoms with Crippen LogP contribution in [0, 0.1) is 6.92 Å². The predicted octanol–water partition coefficient (Wildman–Crippen LogP) is 2.00. The Labute approximate surface area is 80.1 Å². The summed E-state index contributed by atoms with van der Waals surface area (Å²) in [6, 6.07) is 1.93. The summed E-state index contributed by atoms with van der Waals surface area (Å²) < 4.78 is 1.11. The molecule has 2 aromatic heterocycles. The Morgan fingerprint density at radius 3 is 2.92 bits per heavy atom. The predicted molar refractivity (Wildman–Crippen MR) is 53.8 cm³/mol. The lowest BCUT2D eigenvalue weighted by molar-refractivity contribution is 1.22. The van der Waals surface area contributed by atoms with E-state index in [9.17, 15) is 0 Å². The fourth-order valence-electron chi connectivity index (χ4n) is 0.999. The first-order valence-corrected chi connectivity index (χ1v) is 4.06. The van der Waals surface area contributed by atoms with Gasteiger partial charge in [0.25, 0.3) is 0 Å². The molecule has 0 saturated carbocycles. The standard InChI is InChI=1S/C7H7N3S.ClH/c1-4-6-5(2-3-9-4)11-7(8)10-6;/h2-3H,1H3,(H2,8,10);1H. The molecule has 5 heteroatoms. The first kappa shape index (κ1) is 9.22. The summed E-state index contributed by atoms with van der Waals surface area (Å²) in [4.78, 5) is 8.26. The Morgan fingerprint density at radius 2 is 2.25 bits per heavy atom. The van der Waals surface area contributed by atoms with Crippen molar-refractivity contribution >= 4 is 39.1 Å². The molecule has 2 heterocycles. The van der Waals surface area contributed by atoms with Gasteiger partial charge in [0.05, 0.1) is 10.4 Å². The zero-order valence-corrected chi connectivity index (χ0v) is 8.08. The molecule has 0 radical (unpaired) electrons. The summed E-state index contributed by atoms with van der Waals surface area (Å²) in [5, 5.41) is 0.608. The van der Waals surface area contributed by atoms with Crippen molar-refractivity contribution in [1.29, 1.82) is 0 Å². The van der Waals surface area contributed by atoms with Gasteiger partial charge in [-0.3, -0.25) is 4.98 Å². The summed E-state index contributed by atoms with van der Waals surface area (Å²) >= 11 is 1.49. The van der Waals surface area contributed by atoms with Gasteiger partial charge in [0.1, 0.15) is 5.52 Å². The number of rotatable bonds is 0. The minimum atomic E-state index is 0. The molecule has 2 N–H and O–H groups in total. The van der Waals surface area contributed by atoms with E-state index < -0.39 is 0 Å². The number of halogens is 1. The second-order valence-corrected chi connectivity index (χ2v) is 3.36. The van der Waals surface area contributed by atoms with Gasteiger partial charge < -0.3 is 5.73 Å². The van der Waals surface area contributed by atoms with Crippen LogP contribution >= 0.6 is 23.7 Å². The quantitative estimate of drug-likeness (QED) is 0.710. The molecule has 64 valence electrons. The number of nitrogen functional groups attached to an aromatic ring is 1. The van der Waals surface area contributed by atoms with E-state index in [0.29, 0.717) is 5.13 Å². The summed E-state index contributed by atoms with van der Waals surface area (Å²) in [6.07, 6.45) is 1.77. The van der Waals surface area contributed by atoms with Crippen molar-refractivity contribution in [2.45, 2.75) is 6.92 Å². The highest BCUT2D eigenvalue weighted by atomic mass is 35.5. The number of nitrogens with zero attached hydrogens (tertiary/aromatic N) is 2. The Bertz CT molecular complexity index is 398. The van der Waals surface area contributed by atoms with E-state index in [1.54, 1.807) is 6.20 Å². The van der Waals surface area contributed by atoms with Gasteiger partial charge in [0.15, 0.2) is 5.13 Å². The first-order valence-electron chi connectivity index (χ1n) is 3.25. The molecular weight excluding hydrogens is 194 g/mol. The highest BCUT2D eigenvalue weighted by Gasteiger charge is 2.02. The van der Waals surface area contributed by atoms with Crippen molar-refractivity contribution in [2.24, 2.45) is 0 Å². The molecule has 0 bridgehead atoms. The lowest BCUT2D eigenvalue weighted by atomic mass is 10.3. The SMILES string of the molecule is Cc1nccc2sc(N)nc12.Cl. The van der Waals surface area contributed by atoms with Crippen LogP contribution in [-0.2, 0) is 0 Å². The normalized spacial score (nSPS) is 9.75. The molecule has 0 spiro atoms. The van der Waals surface area contributed by atoms with Gasteiger partial charge in [0.2, 0.25) is 0 Å². The van der Waals surface area contributed by atoms with Gasteiger partial charge in [-0.1, -0.05) is 11.3 Å². The number of hydrogen-bond acceptors (Lipinski definition) is 4. The van der Waals surface area contributed by atoms with E-state index in [0.717, 1.165) is 15.9 Å². The molecule has 0 aliphatic heterocycles. The van der Waals surface area contributed by atoms with Crippen molar-refractivity contribution in [3.05, 3.63) is 18.0 Å². The maximum absolute atomic E-state index is 5.54. The average molecular weight is 202 g/mol. The second-order valence-electron chi connectivity index (χ2n) is 2.30. The maximum atomic E-state index is 5.54. The molecule has 3 nitrogen and oxygen atoms in total. The number of thiazole rings is 1. The van der Waals surface area contributed by atoms with E-state index in [-0.39, 0.29) is 12.4 Å². The van der Waals surface area contributed by atoms with Crippen LogP contribution in [0.1, 0.15) is 5.69 Å². The molecule has 0 saturated heterocycles. The lowest BCUT2D eigenvalue weighted by Crippen LogP contribution is -1.83. The Hall–Kier alpha value is -0.870. The number of nitrogens with two attached hydrogens (primary N) is 1. The maximum Gasteiger partial charge on any atom is 0.181 e. The average Bonchev–Trinajstić information content (AvgIpc) is 2.31. The number of aromatic nitrogens is 2. The van der Waals surface area contributed by atoms with Crippen molar-refractivity contribution in [1.82, 2.24) is 9.97 Å². The molecule has 0 amide bonds. The fourth-order valence-corrected chi connectivity index (χ4v) is 1.78. The van der Waals surface area contributed by atoms with Crippen LogP contribution in [0.2, 0.25) is 0 Å². The summed E-state index contributed by atoms with van der Waals surface area (Å²) in [6.45, 7) is 1.93. The molecule has 0 unspecified atom stereocenters. The van der Waals surface area contributed by atoms with E-state index >= 15 is 0 Å². The lowest BCUT2D eigenvalue weighted by Gasteiger charge is -1.89. The largest absolute Gasteiger partial charge is 0.375 e. The Kier molecular flexibility index (Phi) is 2.49. The Morgan fingerprint density at radius 1 is 1.50 bits per heavy atom.